The van der Waals surface area contributed by atoms with E-state index in [1.54, 1.807) is 29.6 Å². The highest BCUT2D eigenvalue weighted by Gasteiger charge is 2.14. The van der Waals surface area contributed by atoms with Crippen LogP contribution in [0.25, 0.3) is 22.6 Å². The Morgan fingerprint density at radius 3 is 2.55 bits per heavy atom. The van der Waals surface area contributed by atoms with Gasteiger partial charge in [0.25, 0.3) is 5.56 Å². The van der Waals surface area contributed by atoms with Gasteiger partial charge in [-0.2, -0.15) is 4.98 Å². The molecule has 0 atom stereocenters. The average Bonchev–Trinajstić information content (AvgIpc) is 2.86. The monoisotopic (exact) mass is 285 g/mol. The minimum absolute atomic E-state index is 0.168. The fraction of sp³-hybridized carbons (Fsp3) is 0.0714. The summed E-state index contributed by atoms with van der Waals surface area (Å²) in [4.78, 5) is 23.1. The third-order valence-electron chi connectivity index (χ3n) is 2.82. The molecule has 0 spiro atoms. The van der Waals surface area contributed by atoms with Crippen LogP contribution in [0, 0.1) is 6.92 Å². The van der Waals surface area contributed by atoms with Crippen LogP contribution in [0.1, 0.15) is 5.01 Å². The molecule has 0 amide bonds. The molecule has 0 saturated carbocycles. The van der Waals surface area contributed by atoms with Crippen LogP contribution in [0.3, 0.4) is 0 Å². The predicted octanol–water partition coefficient (Wildman–Crippen LogP) is 2.57. The summed E-state index contributed by atoms with van der Waals surface area (Å²) in [6, 6.07) is 8.93. The maximum absolute atomic E-state index is 12.2. The van der Waals surface area contributed by atoms with Gasteiger partial charge in [-0.05, 0) is 12.5 Å². The number of nitrogens with zero attached hydrogens (tertiary/aromatic N) is 2. The number of aromatic hydroxyl groups is 1. The number of aromatic amines is 1. The first kappa shape index (κ1) is 12.6. The van der Waals surface area contributed by atoms with Crippen LogP contribution in [0.4, 0.5) is 0 Å². The molecule has 2 N–H and O–H groups in total. The summed E-state index contributed by atoms with van der Waals surface area (Å²) < 4.78 is 0. The zero-order valence-corrected chi connectivity index (χ0v) is 11.4. The number of H-pyrrole nitrogens is 1. The van der Waals surface area contributed by atoms with Crippen LogP contribution in [-0.4, -0.2) is 20.1 Å². The summed E-state index contributed by atoms with van der Waals surface area (Å²) in [7, 11) is 0. The number of aromatic nitrogens is 3. The van der Waals surface area contributed by atoms with E-state index in [1.165, 1.54) is 11.3 Å². The molecule has 5 nitrogen and oxygen atoms in total. The van der Waals surface area contributed by atoms with Gasteiger partial charge in [0.15, 0.2) is 5.82 Å². The summed E-state index contributed by atoms with van der Waals surface area (Å²) in [5.41, 5.74) is 0.963. The lowest BCUT2D eigenvalue weighted by atomic mass is 10.1. The molecular weight excluding hydrogens is 274 g/mol. The molecule has 100 valence electrons. The molecule has 0 aliphatic carbocycles. The lowest BCUT2D eigenvalue weighted by Crippen LogP contribution is -2.12. The molecule has 0 saturated heterocycles. The van der Waals surface area contributed by atoms with E-state index in [1.807, 2.05) is 13.0 Å². The van der Waals surface area contributed by atoms with Crippen molar-refractivity contribution in [2.45, 2.75) is 6.92 Å². The second-order valence-electron chi connectivity index (χ2n) is 4.23. The molecule has 0 aliphatic heterocycles. The van der Waals surface area contributed by atoms with Crippen molar-refractivity contribution in [3.8, 4) is 28.5 Å². The standard InChI is InChI=1S/C14H11N3O2S/c1-8-15-10(7-20-8)12-16-13(18)11(14(19)17-12)9-5-3-2-4-6-9/h2-7H,1H3,(H2,16,17,18,19). The topological polar surface area (TPSA) is 78.9 Å². The van der Waals surface area contributed by atoms with Crippen molar-refractivity contribution in [3.05, 3.63) is 51.1 Å². The minimum Gasteiger partial charge on any atom is -0.493 e. The van der Waals surface area contributed by atoms with E-state index in [9.17, 15) is 9.90 Å². The van der Waals surface area contributed by atoms with Gasteiger partial charge in [0.1, 0.15) is 11.3 Å². The Morgan fingerprint density at radius 2 is 1.95 bits per heavy atom. The average molecular weight is 285 g/mol. The normalized spacial score (nSPS) is 10.7. The number of hydrogen-bond acceptors (Lipinski definition) is 5. The quantitative estimate of drug-likeness (QED) is 0.758. The van der Waals surface area contributed by atoms with Crippen LogP contribution in [0.2, 0.25) is 0 Å². The van der Waals surface area contributed by atoms with Gasteiger partial charge in [0.05, 0.1) is 5.01 Å². The Labute approximate surface area is 118 Å². The molecule has 0 unspecified atom stereocenters. The zero-order valence-electron chi connectivity index (χ0n) is 10.6. The summed E-state index contributed by atoms with van der Waals surface area (Å²) in [5, 5.41) is 12.7. The number of aryl methyl sites for hydroxylation is 1. The third-order valence-corrected chi connectivity index (χ3v) is 3.60. The van der Waals surface area contributed by atoms with E-state index in [4.69, 9.17) is 0 Å². The van der Waals surface area contributed by atoms with Crippen LogP contribution >= 0.6 is 11.3 Å². The Morgan fingerprint density at radius 1 is 1.20 bits per heavy atom. The number of benzene rings is 1. The van der Waals surface area contributed by atoms with Crippen molar-refractivity contribution in [2.24, 2.45) is 0 Å². The molecule has 2 heterocycles. The molecule has 2 aromatic heterocycles. The fourth-order valence-corrected chi connectivity index (χ4v) is 2.52. The second kappa shape index (κ2) is 4.90. The van der Waals surface area contributed by atoms with Gasteiger partial charge in [0, 0.05) is 5.38 Å². The van der Waals surface area contributed by atoms with Gasteiger partial charge < -0.3 is 10.1 Å². The van der Waals surface area contributed by atoms with Crippen molar-refractivity contribution < 1.29 is 5.11 Å². The van der Waals surface area contributed by atoms with Gasteiger partial charge >= 0.3 is 0 Å². The first-order chi connectivity index (χ1) is 9.65. The minimum atomic E-state index is -0.385. The Bertz CT molecular complexity index is 809. The van der Waals surface area contributed by atoms with E-state index < -0.39 is 0 Å². The fourth-order valence-electron chi connectivity index (χ4n) is 1.92. The van der Waals surface area contributed by atoms with Crippen molar-refractivity contribution in [2.75, 3.05) is 0 Å². The third kappa shape index (κ3) is 2.21. The van der Waals surface area contributed by atoms with Crippen molar-refractivity contribution in [1.82, 2.24) is 15.0 Å². The van der Waals surface area contributed by atoms with Crippen LogP contribution < -0.4 is 5.56 Å². The smallest absolute Gasteiger partial charge is 0.262 e. The van der Waals surface area contributed by atoms with E-state index >= 15 is 0 Å². The number of rotatable bonds is 2. The van der Waals surface area contributed by atoms with Gasteiger partial charge in [-0.3, -0.25) is 4.79 Å². The number of thiazole rings is 1. The Hall–Kier alpha value is -2.47. The molecule has 0 fully saturated rings. The summed E-state index contributed by atoms with van der Waals surface area (Å²) in [5.74, 6) is -0.0165. The van der Waals surface area contributed by atoms with Crippen LogP contribution in [0.15, 0.2) is 40.5 Å². The predicted molar refractivity (Wildman–Crippen MR) is 77.8 cm³/mol. The summed E-state index contributed by atoms with van der Waals surface area (Å²) in [6.45, 7) is 1.87. The van der Waals surface area contributed by atoms with Crippen molar-refractivity contribution in [3.63, 3.8) is 0 Å². The lowest BCUT2D eigenvalue weighted by Gasteiger charge is -2.04. The molecule has 6 heteroatoms. The van der Waals surface area contributed by atoms with Gasteiger partial charge in [-0.1, -0.05) is 30.3 Å². The zero-order chi connectivity index (χ0) is 14.1. The Balaban J connectivity index is 2.15. The van der Waals surface area contributed by atoms with Gasteiger partial charge in [-0.25, -0.2) is 4.98 Å². The second-order valence-corrected chi connectivity index (χ2v) is 5.29. The van der Waals surface area contributed by atoms with Crippen molar-refractivity contribution in [1.29, 1.82) is 0 Å². The summed E-state index contributed by atoms with van der Waals surface area (Å²) >= 11 is 1.46. The molecule has 3 rings (SSSR count). The van der Waals surface area contributed by atoms with Gasteiger partial charge in [-0.15, -0.1) is 11.3 Å². The molecule has 3 aromatic rings. The van der Waals surface area contributed by atoms with E-state index in [0.29, 0.717) is 11.3 Å². The first-order valence-electron chi connectivity index (χ1n) is 5.96. The molecular formula is C14H11N3O2S. The maximum atomic E-state index is 12.2. The highest BCUT2D eigenvalue weighted by Crippen LogP contribution is 2.25. The molecule has 0 bridgehead atoms. The largest absolute Gasteiger partial charge is 0.493 e. The molecule has 20 heavy (non-hydrogen) atoms. The molecule has 0 radical (unpaired) electrons. The molecule has 1 aromatic carbocycles. The SMILES string of the molecule is Cc1nc(-c2nc(O)c(-c3ccccc3)c(=O)[nH]2)cs1. The number of hydrogen-bond donors (Lipinski definition) is 2. The van der Waals surface area contributed by atoms with E-state index in [2.05, 4.69) is 15.0 Å². The van der Waals surface area contributed by atoms with Crippen LogP contribution in [-0.2, 0) is 0 Å². The highest BCUT2D eigenvalue weighted by atomic mass is 32.1. The molecule has 0 aliphatic rings. The van der Waals surface area contributed by atoms with Crippen LogP contribution in [0.5, 0.6) is 5.88 Å². The highest BCUT2D eigenvalue weighted by molar-refractivity contribution is 7.09. The van der Waals surface area contributed by atoms with E-state index in [-0.39, 0.29) is 22.8 Å². The summed E-state index contributed by atoms with van der Waals surface area (Å²) in [6.07, 6.45) is 0. The van der Waals surface area contributed by atoms with Crippen molar-refractivity contribution >= 4 is 11.3 Å². The maximum Gasteiger partial charge on any atom is 0.262 e. The Kier molecular flexibility index (Phi) is 3.08. The number of nitrogens with one attached hydrogen (secondary N) is 1. The first-order valence-corrected chi connectivity index (χ1v) is 6.84. The van der Waals surface area contributed by atoms with E-state index in [0.717, 1.165) is 5.01 Å². The van der Waals surface area contributed by atoms with Gasteiger partial charge in [0.2, 0.25) is 5.88 Å². The lowest BCUT2D eigenvalue weighted by molar-refractivity contribution is 0.454.